The Kier molecular flexibility index (Phi) is 5.92. The van der Waals surface area contributed by atoms with Gasteiger partial charge in [0.05, 0.1) is 5.92 Å². The summed E-state index contributed by atoms with van der Waals surface area (Å²) in [6.07, 6.45) is 3.08. The molecule has 0 aromatic heterocycles. The zero-order valence-electron chi connectivity index (χ0n) is 11.3. The van der Waals surface area contributed by atoms with E-state index in [1.165, 1.54) is 0 Å². The van der Waals surface area contributed by atoms with Gasteiger partial charge in [0, 0.05) is 26.8 Å². The number of nitrogens with one attached hydrogen (secondary N) is 2. The van der Waals surface area contributed by atoms with Gasteiger partial charge in [0.15, 0.2) is 0 Å². The first kappa shape index (κ1) is 14.5. The number of hydrogen-bond acceptors (Lipinski definition) is 3. The summed E-state index contributed by atoms with van der Waals surface area (Å²) in [6, 6.07) is 0. The molecule has 0 radical (unpaired) electrons. The van der Waals surface area contributed by atoms with E-state index in [1.807, 2.05) is 0 Å². The predicted molar refractivity (Wildman–Crippen MR) is 68.9 cm³/mol. The Morgan fingerprint density at radius 1 is 1.53 bits per heavy atom. The summed E-state index contributed by atoms with van der Waals surface area (Å²) in [7, 11) is 1.71. The van der Waals surface area contributed by atoms with Crippen LogP contribution in [0.3, 0.4) is 0 Å². The van der Waals surface area contributed by atoms with Crippen molar-refractivity contribution in [2.24, 2.45) is 11.3 Å². The van der Waals surface area contributed by atoms with Crippen LogP contribution in [-0.2, 0) is 9.53 Å². The van der Waals surface area contributed by atoms with Gasteiger partial charge in [-0.15, -0.1) is 0 Å². The van der Waals surface area contributed by atoms with Crippen LogP contribution in [0.5, 0.6) is 0 Å². The first-order valence-corrected chi connectivity index (χ1v) is 6.52. The van der Waals surface area contributed by atoms with E-state index in [0.717, 1.165) is 45.5 Å². The highest BCUT2D eigenvalue weighted by atomic mass is 16.5. The molecular formula is C13H26N2O2. The highest BCUT2D eigenvalue weighted by Crippen LogP contribution is 2.19. The zero-order valence-corrected chi connectivity index (χ0v) is 11.3. The molecule has 1 aliphatic rings. The third-order valence-electron chi connectivity index (χ3n) is 3.39. The molecule has 4 heteroatoms. The van der Waals surface area contributed by atoms with Crippen LogP contribution in [0.4, 0.5) is 0 Å². The topological polar surface area (TPSA) is 50.4 Å². The molecule has 1 amide bonds. The number of methoxy groups -OCH3 is 1. The molecule has 1 saturated heterocycles. The Hall–Kier alpha value is -0.610. The van der Waals surface area contributed by atoms with Gasteiger partial charge < -0.3 is 15.4 Å². The van der Waals surface area contributed by atoms with Gasteiger partial charge in [0.2, 0.25) is 5.91 Å². The molecular weight excluding hydrogens is 216 g/mol. The summed E-state index contributed by atoms with van der Waals surface area (Å²) in [6.45, 7) is 7.66. The Bertz CT molecular complexity index is 236. The summed E-state index contributed by atoms with van der Waals surface area (Å²) >= 11 is 0. The third kappa shape index (κ3) is 5.50. The van der Waals surface area contributed by atoms with Crippen molar-refractivity contribution in [1.82, 2.24) is 10.6 Å². The van der Waals surface area contributed by atoms with Crippen LogP contribution in [0.1, 0.15) is 33.1 Å². The summed E-state index contributed by atoms with van der Waals surface area (Å²) in [4.78, 5) is 11.9. The molecule has 1 rings (SSSR count). The van der Waals surface area contributed by atoms with Crippen molar-refractivity contribution in [1.29, 1.82) is 0 Å². The zero-order chi connectivity index (χ0) is 12.7. The molecule has 4 nitrogen and oxygen atoms in total. The van der Waals surface area contributed by atoms with Crippen molar-refractivity contribution < 1.29 is 9.53 Å². The highest BCUT2D eigenvalue weighted by molar-refractivity contribution is 5.79. The number of ether oxygens (including phenoxy) is 1. The van der Waals surface area contributed by atoms with Crippen molar-refractivity contribution >= 4 is 5.91 Å². The molecule has 0 bridgehead atoms. The van der Waals surface area contributed by atoms with Crippen LogP contribution >= 0.6 is 0 Å². The second-order valence-electron chi connectivity index (χ2n) is 5.67. The van der Waals surface area contributed by atoms with Crippen LogP contribution in [0.25, 0.3) is 0 Å². The van der Waals surface area contributed by atoms with Gasteiger partial charge in [-0.3, -0.25) is 4.79 Å². The molecule has 0 aliphatic carbocycles. The summed E-state index contributed by atoms with van der Waals surface area (Å²) in [5.74, 6) is 0.352. The lowest BCUT2D eigenvalue weighted by atomic mass is 9.89. The molecule has 0 spiro atoms. The molecule has 1 atom stereocenters. The summed E-state index contributed by atoms with van der Waals surface area (Å²) in [5, 5.41) is 6.33. The average molecular weight is 242 g/mol. The van der Waals surface area contributed by atoms with E-state index in [-0.39, 0.29) is 17.2 Å². The maximum Gasteiger partial charge on any atom is 0.224 e. The second kappa shape index (κ2) is 6.97. The van der Waals surface area contributed by atoms with Gasteiger partial charge in [-0.25, -0.2) is 0 Å². The van der Waals surface area contributed by atoms with Crippen LogP contribution in [-0.4, -0.2) is 39.3 Å². The van der Waals surface area contributed by atoms with Gasteiger partial charge >= 0.3 is 0 Å². The average Bonchev–Trinajstić information content (AvgIpc) is 2.35. The maximum absolute atomic E-state index is 11.9. The van der Waals surface area contributed by atoms with Crippen LogP contribution < -0.4 is 10.6 Å². The van der Waals surface area contributed by atoms with Crippen LogP contribution in [0, 0.1) is 11.3 Å². The monoisotopic (exact) mass is 242 g/mol. The minimum absolute atomic E-state index is 0.105. The largest absolute Gasteiger partial charge is 0.385 e. The van der Waals surface area contributed by atoms with E-state index in [9.17, 15) is 4.79 Å². The SMILES string of the molecule is COCCC(C)(C)CNC(=O)C1CCCNC1. The van der Waals surface area contributed by atoms with Gasteiger partial charge in [0.25, 0.3) is 0 Å². The smallest absolute Gasteiger partial charge is 0.224 e. The number of amides is 1. The second-order valence-corrected chi connectivity index (χ2v) is 5.67. The van der Waals surface area contributed by atoms with Crippen molar-refractivity contribution in [2.75, 3.05) is 33.4 Å². The Labute approximate surface area is 104 Å². The fraction of sp³-hybridized carbons (Fsp3) is 0.923. The number of piperidine rings is 1. The van der Waals surface area contributed by atoms with Crippen LogP contribution in [0.15, 0.2) is 0 Å². The quantitative estimate of drug-likeness (QED) is 0.735. The lowest BCUT2D eigenvalue weighted by molar-refractivity contribution is -0.126. The highest BCUT2D eigenvalue weighted by Gasteiger charge is 2.23. The van der Waals surface area contributed by atoms with Gasteiger partial charge in [-0.1, -0.05) is 13.8 Å². The molecule has 1 fully saturated rings. The van der Waals surface area contributed by atoms with Crippen LogP contribution in [0.2, 0.25) is 0 Å². The fourth-order valence-corrected chi connectivity index (χ4v) is 2.01. The maximum atomic E-state index is 11.9. The predicted octanol–water partition coefficient (Wildman–Crippen LogP) is 1.16. The van der Waals surface area contributed by atoms with Crippen molar-refractivity contribution in [3.63, 3.8) is 0 Å². The molecule has 0 aromatic rings. The summed E-state index contributed by atoms with van der Waals surface area (Å²) < 4.78 is 5.08. The van der Waals surface area contributed by atoms with E-state index < -0.39 is 0 Å². The molecule has 2 N–H and O–H groups in total. The van der Waals surface area contributed by atoms with E-state index in [2.05, 4.69) is 24.5 Å². The number of rotatable bonds is 6. The molecule has 0 aromatic carbocycles. The standard InChI is InChI=1S/C13H26N2O2/c1-13(2,6-8-17-3)10-15-12(16)11-5-4-7-14-9-11/h11,14H,4-10H2,1-3H3,(H,15,16). The van der Waals surface area contributed by atoms with Gasteiger partial charge in [0.1, 0.15) is 0 Å². The number of hydrogen-bond donors (Lipinski definition) is 2. The van der Waals surface area contributed by atoms with Gasteiger partial charge in [-0.2, -0.15) is 0 Å². The van der Waals surface area contributed by atoms with E-state index in [1.54, 1.807) is 7.11 Å². The van der Waals surface area contributed by atoms with E-state index in [4.69, 9.17) is 4.74 Å². The van der Waals surface area contributed by atoms with E-state index in [0.29, 0.717) is 0 Å². The molecule has 17 heavy (non-hydrogen) atoms. The molecule has 0 saturated carbocycles. The third-order valence-corrected chi connectivity index (χ3v) is 3.39. The van der Waals surface area contributed by atoms with E-state index >= 15 is 0 Å². The molecule has 1 unspecified atom stereocenters. The minimum Gasteiger partial charge on any atom is -0.385 e. The van der Waals surface area contributed by atoms with Crippen molar-refractivity contribution in [3.05, 3.63) is 0 Å². The lowest BCUT2D eigenvalue weighted by Gasteiger charge is -2.27. The normalized spacial score (nSPS) is 21.2. The van der Waals surface area contributed by atoms with Crippen molar-refractivity contribution in [3.8, 4) is 0 Å². The van der Waals surface area contributed by atoms with Crippen molar-refractivity contribution in [2.45, 2.75) is 33.1 Å². The first-order valence-electron chi connectivity index (χ1n) is 6.52. The Morgan fingerprint density at radius 2 is 2.29 bits per heavy atom. The molecule has 100 valence electrons. The molecule has 1 aliphatic heterocycles. The lowest BCUT2D eigenvalue weighted by Crippen LogP contribution is -2.43. The first-order chi connectivity index (χ1) is 8.05. The number of carbonyl (C=O) groups excluding carboxylic acids is 1. The van der Waals surface area contributed by atoms with Gasteiger partial charge in [-0.05, 0) is 31.2 Å². The fourth-order valence-electron chi connectivity index (χ4n) is 2.01. The number of carbonyl (C=O) groups is 1. The minimum atomic E-state index is 0.105. The molecule has 1 heterocycles. The Morgan fingerprint density at radius 3 is 2.88 bits per heavy atom. The Balaban J connectivity index is 2.26. The summed E-state index contributed by atoms with van der Waals surface area (Å²) in [5.41, 5.74) is 0.105.